The lowest BCUT2D eigenvalue weighted by Crippen LogP contribution is -2.13. The monoisotopic (exact) mass is 382 g/mol. The Labute approximate surface area is 129 Å². The maximum Gasteiger partial charge on any atom is 0.270 e. The third kappa shape index (κ3) is 3.32. The second-order valence-electron chi connectivity index (χ2n) is 4.24. The summed E-state index contributed by atoms with van der Waals surface area (Å²) in [5, 5.41) is 13.5. The summed E-state index contributed by atoms with van der Waals surface area (Å²) in [6, 6.07) is 11.6. The number of carbonyl (C=O) groups excluding carboxylic acids is 1. The Hall–Kier alpha value is -1.96. The van der Waals surface area contributed by atoms with Crippen molar-refractivity contribution in [3.63, 3.8) is 0 Å². The number of carbonyl (C=O) groups is 1. The molecule has 0 aliphatic heterocycles. The van der Waals surface area contributed by atoms with Crippen molar-refractivity contribution in [3.05, 3.63) is 67.3 Å². The zero-order valence-corrected chi connectivity index (χ0v) is 12.7. The van der Waals surface area contributed by atoms with E-state index in [0.717, 1.165) is 5.56 Å². The number of anilines is 1. The number of nitro benzene ring substituents is 1. The van der Waals surface area contributed by atoms with E-state index in [4.69, 9.17) is 0 Å². The van der Waals surface area contributed by atoms with Gasteiger partial charge in [0.15, 0.2) is 0 Å². The fourth-order valence-corrected chi connectivity index (χ4v) is 2.30. The number of nitrogens with one attached hydrogen (secondary N) is 1. The molecule has 2 aromatic carbocycles. The summed E-state index contributed by atoms with van der Waals surface area (Å²) in [4.78, 5) is 22.4. The van der Waals surface area contributed by atoms with E-state index in [1.165, 1.54) is 12.1 Å². The van der Waals surface area contributed by atoms with Crippen molar-refractivity contribution in [3.8, 4) is 0 Å². The van der Waals surface area contributed by atoms with E-state index in [0.29, 0.717) is 14.8 Å². The van der Waals surface area contributed by atoms with Crippen LogP contribution in [0.5, 0.6) is 0 Å². The number of halogens is 1. The molecule has 0 aromatic heterocycles. The second-order valence-corrected chi connectivity index (χ2v) is 5.41. The van der Waals surface area contributed by atoms with Gasteiger partial charge >= 0.3 is 0 Å². The molecule has 0 radical (unpaired) electrons. The highest BCUT2D eigenvalue weighted by atomic mass is 127. The lowest BCUT2D eigenvalue weighted by Gasteiger charge is -2.07. The average Bonchev–Trinajstić information content (AvgIpc) is 2.38. The Bertz CT molecular complexity index is 686. The minimum atomic E-state index is -0.514. The van der Waals surface area contributed by atoms with Crippen molar-refractivity contribution in [2.24, 2.45) is 0 Å². The molecule has 0 bridgehead atoms. The van der Waals surface area contributed by atoms with Crippen molar-refractivity contribution < 1.29 is 9.72 Å². The first-order valence-electron chi connectivity index (χ1n) is 5.79. The van der Waals surface area contributed by atoms with Crippen LogP contribution in [0.3, 0.4) is 0 Å². The first-order valence-corrected chi connectivity index (χ1v) is 6.87. The largest absolute Gasteiger partial charge is 0.322 e. The van der Waals surface area contributed by atoms with E-state index in [1.807, 2.05) is 47.7 Å². The molecule has 0 atom stereocenters. The summed E-state index contributed by atoms with van der Waals surface area (Å²) in [5.41, 5.74) is 1.88. The van der Waals surface area contributed by atoms with E-state index >= 15 is 0 Å². The van der Waals surface area contributed by atoms with Gasteiger partial charge in [-0.1, -0.05) is 12.1 Å². The molecule has 0 spiro atoms. The van der Waals surface area contributed by atoms with E-state index in [2.05, 4.69) is 5.32 Å². The van der Waals surface area contributed by atoms with Gasteiger partial charge in [-0.05, 0) is 53.3 Å². The number of amides is 1. The molecule has 2 rings (SSSR count). The quantitative estimate of drug-likeness (QED) is 0.499. The lowest BCUT2D eigenvalue weighted by atomic mass is 10.1. The molecule has 0 fully saturated rings. The smallest absolute Gasteiger partial charge is 0.270 e. The zero-order chi connectivity index (χ0) is 14.7. The predicted molar refractivity (Wildman–Crippen MR) is 84.9 cm³/mol. The molecular formula is C14H11IN2O3. The minimum Gasteiger partial charge on any atom is -0.322 e. The summed E-state index contributed by atoms with van der Waals surface area (Å²) in [7, 11) is 0. The Kier molecular flexibility index (Phi) is 4.33. The van der Waals surface area contributed by atoms with Gasteiger partial charge in [0.25, 0.3) is 11.6 Å². The van der Waals surface area contributed by atoms with Crippen molar-refractivity contribution in [2.75, 3.05) is 5.32 Å². The molecule has 1 N–H and O–H groups in total. The van der Waals surface area contributed by atoms with Crippen LogP contribution in [-0.4, -0.2) is 10.8 Å². The Morgan fingerprint density at radius 3 is 2.65 bits per heavy atom. The van der Waals surface area contributed by atoms with Crippen molar-refractivity contribution in [2.45, 2.75) is 6.92 Å². The second kappa shape index (κ2) is 6.00. The summed E-state index contributed by atoms with van der Waals surface area (Å²) in [6.07, 6.45) is 0. The summed E-state index contributed by atoms with van der Waals surface area (Å²) in [5.74, 6) is -0.358. The molecule has 0 saturated carbocycles. The van der Waals surface area contributed by atoms with Gasteiger partial charge in [-0.25, -0.2) is 0 Å². The fraction of sp³-hybridized carbons (Fsp3) is 0.0714. The predicted octanol–water partition coefficient (Wildman–Crippen LogP) is 3.76. The molecule has 6 heteroatoms. The Balaban J connectivity index is 2.29. The van der Waals surface area contributed by atoms with Gasteiger partial charge in [0, 0.05) is 21.4 Å². The first-order chi connectivity index (χ1) is 9.47. The van der Waals surface area contributed by atoms with E-state index in [1.54, 1.807) is 12.1 Å². The van der Waals surface area contributed by atoms with Crippen LogP contribution in [-0.2, 0) is 0 Å². The third-order valence-corrected chi connectivity index (χ3v) is 3.62. The number of nitrogens with zero attached hydrogens (tertiary/aromatic N) is 1. The maximum absolute atomic E-state index is 12.2. The van der Waals surface area contributed by atoms with Gasteiger partial charge in [-0.3, -0.25) is 14.9 Å². The summed E-state index contributed by atoms with van der Waals surface area (Å²) < 4.78 is 0.665. The summed E-state index contributed by atoms with van der Waals surface area (Å²) in [6.45, 7) is 1.92. The zero-order valence-electron chi connectivity index (χ0n) is 10.6. The van der Waals surface area contributed by atoms with Gasteiger partial charge < -0.3 is 5.32 Å². The average molecular weight is 382 g/mol. The highest BCUT2D eigenvalue weighted by molar-refractivity contribution is 14.1. The normalized spacial score (nSPS) is 10.1. The van der Waals surface area contributed by atoms with Crippen molar-refractivity contribution in [1.82, 2.24) is 0 Å². The highest BCUT2D eigenvalue weighted by Crippen LogP contribution is 2.21. The Morgan fingerprint density at radius 1 is 1.25 bits per heavy atom. The van der Waals surface area contributed by atoms with Crippen LogP contribution in [0.25, 0.3) is 0 Å². The number of rotatable bonds is 3. The van der Waals surface area contributed by atoms with Gasteiger partial charge in [-0.15, -0.1) is 0 Å². The highest BCUT2D eigenvalue weighted by Gasteiger charge is 2.15. The van der Waals surface area contributed by atoms with E-state index < -0.39 is 4.92 Å². The number of aryl methyl sites for hydroxylation is 1. The van der Waals surface area contributed by atoms with Crippen molar-refractivity contribution in [1.29, 1.82) is 0 Å². The van der Waals surface area contributed by atoms with Gasteiger partial charge in [-0.2, -0.15) is 0 Å². The molecule has 1 amide bonds. The molecule has 20 heavy (non-hydrogen) atoms. The van der Waals surface area contributed by atoms with Crippen LogP contribution in [0.1, 0.15) is 15.9 Å². The van der Waals surface area contributed by atoms with Gasteiger partial charge in [0.05, 0.1) is 10.5 Å². The Morgan fingerprint density at radius 2 is 2.00 bits per heavy atom. The van der Waals surface area contributed by atoms with Crippen LogP contribution in [0, 0.1) is 20.6 Å². The number of nitro groups is 1. The molecule has 0 aliphatic carbocycles. The number of hydrogen-bond acceptors (Lipinski definition) is 3. The molecule has 0 aliphatic rings. The molecule has 0 heterocycles. The van der Waals surface area contributed by atoms with E-state index in [-0.39, 0.29) is 11.6 Å². The fourth-order valence-electron chi connectivity index (χ4n) is 1.72. The van der Waals surface area contributed by atoms with Crippen LogP contribution >= 0.6 is 22.6 Å². The van der Waals surface area contributed by atoms with Crippen LogP contribution in [0.4, 0.5) is 11.4 Å². The number of benzene rings is 2. The first kappa shape index (κ1) is 14.4. The number of non-ortho nitro benzene ring substituents is 1. The van der Waals surface area contributed by atoms with Crippen LogP contribution in [0.15, 0.2) is 42.5 Å². The topological polar surface area (TPSA) is 72.2 Å². The minimum absolute atomic E-state index is 0.0974. The lowest BCUT2D eigenvalue weighted by molar-refractivity contribution is -0.384. The molecule has 5 nitrogen and oxygen atoms in total. The summed E-state index contributed by atoms with van der Waals surface area (Å²) >= 11 is 1.98. The SMILES string of the molecule is Cc1cccc(NC(=O)c2cc([N+](=O)[O-])ccc2I)c1. The van der Waals surface area contributed by atoms with Crippen LogP contribution in [0.2, 0.25) is 0 Å². The van der Waals surface area contributed by atoms with Crippen molar-refractivity contribution >= 4 is 39.9 Å². The molecule has 0 unspecified atom stereocenters. The molecule has 102 valence electrons. The third-order valence-electron chi connectivity index (χ3n) is 2.68. The standard InChI is InChI=1S/C14H11IN2O3/c1-9-3-2-4-10(7-9)16-14(18)12-8-11(17(19)20)5-6-13(12)15/h2-8H,1H3,(H,16,18). The number of hydrogen-bond donors (Lipinski definition) is 1. The maximum atomic E-state index is 12.2. The van der Waals surface area contributed by atoms with Crippen LogP contribution < -0.4 is 5.32 Å². The molecule has 0 saturated heterocycles. The van der Waals surface area contributed by atoms with Gasteiger partial charge in [0.2, 0.25) is 0 Å². The molecule has 2 aromatic rings. The van der Waals surface area contributed by atoms with E-state index in [9.17, 15) is 14.9 Å². The molecular weight excluding hydrogens is 371 g/mol. The van der Waals surface area contributed by atoms with Gasteiger partial charge in [0.1, 0.15) is 0 Å².